The molecule has 0 aliphatic rings. The monoisotopic (exact) mass is 214 g/mol. The molecule has 1 N–H and O–H groups in total. The number of nitrogens with zero attached hydrogens (tertiary/aromatic N) is 1. The van der Waals surface area contributed by atoms with Crippen molar-refractivity contribution in [1.29, 1.82) is 0 Å². The molecule has 0 bridgehead atoms. The number of carbonyl (C=O) groups excluding carboxylic acids is 2. The number of rotatable bonds is 5. The van der Waals surface area contributed by atoms with Gasteiger partial charge in [0.15, 0.2) is 0 Å². The lowest BCUT2D eigenvalue weighted by Gasteiger charge is -2.21. The van der Waals surface area contributed by atoms with Crippen molar-refractivity contribution in [2.24, 2.45) is 0 Å². The Balaban J connectivity index is 3.85. The molecule has 0 saturated heterocycles. The van der Waals surface area contributed by atoms with Gasteiger partial charge in [-0.15, -0.1) is 0 Å². The van der Waals surface area contributed by atoms with Crippen LogP contribution in [0.1, 0.15) is 40.5 Å². The Kier molecular flexibility index (Phi) is 5.97. The lowest BCUT2D eigenvalue weighted by atomic mass is 10.2. The van der Waals surface area contributed by atoms with Gasteiger partial charge in [0.05, 0.1) is 0 Å². The molecule has 0 unspecified atom stereocenters. The summed E-state index contributed by atoms with van der Waals surface area (Å²) in [5, 5.41) is 2.76. The molecule has 88 valence electrons. The maximum Gasteiger partial charge on any atom is 0.223 e. The summed E-state index contributed by atoms with van der Waals surface area (Å²) in [6.07, 6.45) is 0.557. The quantitative estimate of drug-likeness (QED) is 0.746. The van der Waals surface area contributed by atoms with Crippen LogP contribution in [0.5, 0.6) is 0 Å². The number of hydrogen-bond donors (Lipinski definition) is 1. The molecule has 2 amide bonds. The van der Waals surface area contributed by atoms with Crippen molar-refractivity contribution in [3.05, 3.63) is 0 Å². The van der Waals surface area contributed by atoms with Crippen LogP contribution in [0.25, 0.3) is 0 Å². The van der Waals surface area contributed by atoms with E-state index in [1.54, 1.807) is 11.9 Å². The zero-order valence-electron chi connectivity index (χ0n) is 10.3. The number of amides is 2. The zero-order chi connectivity index (χ0) is 12.0. The van der Waals surface area contributed by atoms with Crippen LogP contribution in [-0.4, -0.2) is 35.8 Å². The third-order valence-electron chi connectivity index (χ3n) is 2.18. The van der Waals surface area contributed by atoms with Crippen LogP contribution in [-0.2, 0) is 9.59 Å². The largest absolute Gasteiger partial charge is 0.354 e. The Morgan fingerprint density at radius 1 is 1.13 bits per heavy atom. The highest BCUT2D eigenvalue weighted by atomic mass is 16.2. The third kappa shape index (κ3) is 6.10. The fraction of sp³-hybridized carbons (Fsp3) is 0.818. The Morgan fingerprint density at radius 3 is 2.07 bits per heavy atom. The van der Waals surface area contributed by atoms with Gasteiger partial charge in [0.2, 0.25) is 11.8 Å². The van der Waals surface area contributed by atoms with Gasteiger partial charge in [-0.05, 0) is 27.7 Å². The number of nitrogens with one attached hydrogen (secondary N) is 1. The first kappa shape index (κ1) is 13.9. The van der Waals surface area contributed by atoms with E-state index < -0.39 is 0 Å². The van der Waals surface area contributed by atoms with Gasteiger partial charge in [-0.1, -0.05) is 0 Å². The lowest BCUT2D eigenvalue weighted by Crippen LogP contribution is -2.35. The molecule has 0 aromatic rings. The molecule has 15 heavy (non-hydrogen) atoms. The molecule has 0 aliphatic carbocycles. The second-order valence-corrected chi connectivity index (χ2v) is 4.32. The van der Waals surface area contributed by atoms with E-state index in [9.17, 15) is 9.59 Å². The van der Waals surface area contributed by atoms with Gasteiger partial charge in [0.25, 0.3) is 0 Å². The number of carbonyl (C=O) groups is 2. The summed E-state index contributed by atoms with van der Waals surface area (Å²) in [5.74, 6) is -0.0422. The van der Waals surface area contributed by atoms with Crippen LogP contribution in [0.15, 0.2) is 0 Å². The van der Waals surface area contributed by atoms with Crippen molar-refractivity contribution in [2.45, 2.75) is 52.6 Å². The van der Waals surface area contributed by atoms with Crippen LogP contribution in [0.4, 0.5) is 0 Å². The predicted molar refractivity (Wildman–Crippen MR) is 60.4 cm³/mol. The van der Waals surface area contributed by atoms with E-state index in [1.807, 2.05) is 27.7 Å². The van der Waals surface area contributed by atoms with Gasteiger partial charge in [0.1, 0.15) is 0 Å². The van der Waals surface area contributed by atoms with Gasteiger partial charge < -0.3 is 10.2 Å². The van der Waals surface area contributed by atoms with Crippen molar-refractivity contribution >= 4 is 11.8 Å². The van der Waals surface area contributed by atoms with E-state index in [4.69, 9.17) is 0 Å². The van der Waals surface area contributed by atoms with Crippen LogP contribution in [0.2, 0.25) is 0 Å². The van der Waals surface area contributed by atoms with Gasteiger partial charge >= 0.3 is 0 Å². The number of hydrogen-bond acceptors (Lipinski definition) is 2. The van der Waals surface area contributed by atoms with E-state index in [1.165, 1.54) is 0 Å². The fourth-order valence-corrected chi connectivity index (χ4v) is 1.08. The van der Waals surface area contributed by atoms with Gasteiger partial charge in [-0.2, -0.15) is 0 Å². The summed E-state index contributed by atoms with van der Waals surface area (Å²) in [5.41, 5.74) is 0. The van der Waals surface area contributed by atoms with Crippen molar-refractivity contribution in [2.75, 3.05) is 7.05 Å². The molecule has 0 spiro atoms. The van der Waals surface area contributed by atoms with E-state index >= 15 is 0 Å². The Hall–Kier alpha value is -1.06. The highest BCUT2D eigenvalue weighted by Gasteiger charge is 2.13. The predicted octanol–water partition coefficient (Wildman–Crippen LogP) is 1.16. The zero-order valence-corrected chi connectivity index (χ0v) is 10.3. The minimum atomic E-state index is -0.0597. The fourth-order valence-electron chi connectivity index (χ4n) is 1.08. The summed E-state index contributed by atoms with van der Waals surface area (Å²) in [6, 6.07) is 0.320. The normalized spacial score (nSPS) is 10.6. The minimum absolute atomic E-state index is 0.0175. The molecule has 0 aliphatic heterocycles. The van der Waals surface area contributed by atoms with Gasteiger partial charge in [0, 0.05) is 32.0 Å². The van der Waals surface area contributed by atoms with E-state index in [0.29, 0.717) is 0 Å². The molecular formula is C11H22N2O2. The van der Waals surface area contributed by atoms with Crippen LogP contribution < -0.4 is 5.32 Å². The summed E-state index contributed by atoms with van der Waals surface area (Å²) >= 11 is 0. The molecule has 4 nitrogen and oxygen atoms in total. The van der Waals surface area contributed by atoms with Crippen molar-refractivity contribution in [1.82, 2.24) is 10.2 Å². The highest BCUT2D eigenvalue weighted by molar-refractivity contribution is 5.83. The summed E-state index contributed by atoms with van der Waals surface area (Å²) < 4.78 is 0. The standard InChI is InChI=1S/C11H22N2O2/c1-8(2)12-10(14)6-7-11(15)13(5)9(3)4/h8-9H,6-7H2,1-5H3,(H,12,14). The Bertz CT molecular complexity index is 225. The van der Waals surface area contributed by atoms with E-state index in [0.717, 1.165) is 0 Å². The van der Waals surface area contributed by atoms with E-state index in [2.05, 4.69) is 5.32 Å². The van der Waals surface area contributed by atoms with Crippen molar-refractivity contribution in [3.8, 4) is 0 Å². The minimum Gasteiger partial charge on any atom is -0.354 e. The molecule has 0 heterocycles. The summed E-state index contributed by atoms with van der Waals surface area (Å²) in [7, 11) is 1.76. The van der Waals surface area contributed by atoms with Crippen molar-refractivity contribution < 1.29 is 9.59 Å². The van der Waals surface area contributed by atoms with Crippen LogP contribution in [0, 0.1) is 0 Å². The molecule has 0 radical (unpaired) electrons. The second-order valence-electron chi connectivity index (χ2n) is 4.32. The average molecular weight is 214 g/mol. The Morgan fingerprint density at radius 2 is 1.67 bits per heavy atom. The van der Waals surface area contributed by atoms with Crippen LogP contribution in [0.3, 0.4) is 0 Å². The Labute approximate surface area is 92.0 Å². The topological polar surface area (TPSA) is 49.4 Å². The van der Waals surface area contributed by atoms with Gasteiger partial charge in [-0.25, -0.2) is 0 Å². The summed E-state index contributed by atoms with van der Waals surface area (Å²) in [4.78, 5) is 24.4. The molecule has 0 atom stereocenters. The second kappa shape index (κ2) is 6.43. The molecule has 4 heteroatoms. The third-order valence-corrected chi connectivity index (χ3v) is 2.18. The molecule has 0 saturated carbocycles. The van der Waals surface area contributed by atoms with E-state index in [-0.39, 0.29) is 36.7 Å². The van der Waals surface area contributed by atoms with Crippen LogP contribution >= 0.6 is 0 Å². The smallest absolute Gasteiger partial charge is 0.223 e. The molecule has 0 rings (SSSR count). The average Bonchev–Trinajstić information content (AvgIpc) is 2.11. The first-order valence-corrected chi connectivity index (χ1v) is 5.39. The molecule has 0 fully saturated rings. The lowest BCUT2D eigenvalue weighted by molar-refractivity contribution is -0.133. The molecule has 0 aromatic heterocycles. The molecule has 0 aromatic carbocycles. The SMILES string of the molecule is CC(C)NC(=O)CCC(=O)N(C)C(C)C. The maximum absolute atomic E-state index is 11.5. The van der Waals surface area contributed by atoms with Gasteiger partial charge in [-0.3, -0.25) is 9.59 Å². The first-order valence-electron chi connectivity index (χ1n) is 5.39. The highest BCUT2D eigenvalue weighted by Crippen LogP contribution is 2.00. The molecular weight excluding hydrogens is 192 g/mol. The summed E-state index contributed by atoms with van der Waals surface area (Å²) in [6.45, 7) is 7.71. The first-order chi connectivity index (χ1) is 6.84. The van der Waals surface area contributed by atoms with Crippen molar-refractivity contribution in [3.63, 3.8) is 0 Å². The maximum atomic E-state index is 11.5.